The van der Waals surface area contributed by atoms with Crippen LogP contribution in [0.3, 0.4) is 0 Å². The Labute approximate surface area is 161 Å². The largest absolute Gasteiger partial charge is 0.494 e. The number of benzene rings is 1. The van der Waals surface area contributed by atoms with Gasteiger partial charge in [-0.25, -0.2) is 9.79 Å². The van der Waals surface area contributed by atoms with Gasteiger partial charge in [-0.15, -0.1) is 0 Å². The molecule has 2 heterocycles. The van der Waals surface area contributed by atoms with Gasteiger partial charge in [0.1, 0.15) is 17.0 Å². The summed E-state index contributed by atoms with van der Waals surface area (Å²) in [5, 5.41) is 10.7. The van der Waals surface area contributed by atoms with Crippen molar-refractivity contribution >= 4 is 24.1 Å². The van der Waals surface area contributed by atoms with Gasteiger partial charge in [-0.05, 0) is 31.3 Å². The average molecular weight is 401 g/mol. The van der Waals surface area contributed by atoms with Crippen molar-refractivity contribution in [2.75, 3.05) is 6.61 Å². The molecule has 28 heavy (non-hydrogen) atoms. The number of hydrogen-bond acceptors (Lipinski definition) is 7. The second-order valence-corrected chi connectivity index (χ2v) is 5.83. The van der Waals surface area contributed by atoms with E-state index < -0.39 is 22.7 Å². The number of aliphatic imine (C=N–C) groups is 1. The average Bonchev–Trinajstić information content (AvgIpc) is 2.64. The number of aromatic hydroxyl groups is 1. The van der Waals surface area contributed by atoms with Crippen LogP contribution in [0.15, 0.2) is 49.8 Å². The van der Waals surface area contributed by atoms with E-state index in [0.717, 1.165) is 12.4 Å². The van der Waals surface area contributed by atoms with Gasteiger partial charge in [0, 0.05) is 12.4 Å². The first-order chi connectivity index (χ1) is 13.4. The Kier molecular flexibility index (Phi) is 5.36. The highest BCUT2D eigenvalue weighted by molar-refractivity contribution is 7.71. The fourth-order valence-electron chi connectivity index (χ4n) is 2.43. The summed E-state index contributed by atoms with van der Waals surface area (Å²) in [4.78, 5) is 45.6. The maximum atomic E-state index is 12.3. The Morgan fingerprint density at radius 3 is 2.68 bits per heavy atom. The number of nitrogens with zero attached hydrogens (tertiary/aromatic N) is 2. The van der Waals surface area contributed by atoms with E-state index in [4.69, 9.17) is 17.0 Å². The van der Waals surface area contributed by atoms with Crippen LogP contribution in [-0.2, 0) is 0 Å². The molecule has 0 amide bonds. The number of para-hydroxylation sites is 2. The maximum Gasteiger partial charge on any atom is 0.325 e. The summed E-state index contributed by atoms with van der Waals surface area (Å²) in [6, 6.07) is 6.83. The zero-order valence-electron chi connectivity index (χ0n) is 14.6. The first-order valence-electron chi connectivity index (χ1n) is 8.09. The quantitative estimate of drug-likeness (QED) is 0.372. The Morgan fingerprint density at radius 1 is 1.21 bits per heavy atom. The molecule has 0 unspecified atom stereocenters. The predicted octanol–water partition coefficient (Wildman–Crippen LogP) is 1.13. The Bertz CT molecular complexity index is 1280. The summed E-state index contributed by atoms with van der Waals surface area (Å²) < 4.78 is 6.72. The van der Waals surface area contributed by atoms with Crippen LogP contribution in [0.2, 0.25) is 0 Å². The molecule has 0 radical (unpaired) electrons. The van der Waals surface area contributed by atoms with E-state index in [0.29, 0.717) is 18.0 Å². The molecule has 0 saturated carbocycles. The molecule has 0 fully saturated rings. The third kappa shape index (κ3) is 3.69. The molecule has 1 aromatic carbocycles. The van der Waals surface area contributed by atoms with Crippen LogP contribution >= 0.6 is 12.2 Å². The summed E-state index contributed by atoms with van der Waals surface area (Å²) >= 11 is 5.18. The van der Waals surface area contributed by atoms with E-state index in [1.807, 2.05) is 11.9 Å². The van der Waals surface area contributed by atoms with Crippen molar-refractivity contribution in [1.29, 1.82) is 0 Å². The minimum absolute atomic E-state index is 0.0475. The van der Waals surface area contributed by atoms with Gasteiger partial charge >= 0.3 is 5.69 Å². The highest BCUT2D eigenvalue weighted by Gasteiger charge is 2.15. The first kappa shape index (κ1) is 19.0. The van der Waals surface area contributed by atoms with Gasteiger partial charge in [-0.2, -0.15) is 0 Å². The highest BCUT2D eigenvalue weighted by Crippen LogP contribution is 2.27. The predicted molar refractivity (Wildman–Crippen MR) is 105 cm³/mol. The molecule has 0 aliphatic carbocycles. The zero-order chi connectivity index (χ0) is 20.3. The van der Waals surface area contributed by atoms with Crippen molar-refractivity contribution in [1.82, 2.24) is 19.5 Å². The fourth-order valence-corrected chi connectivity index (χ4v) is 2.71. The minimum atomic E-state index is -0.745. The number of nitrogens with one attached hydrogen (secondary N) is 3. The molecule has 0 atom stereocenters. The lowest BCUT2D eigenvalue weighted by atomic mass is 10.2. The van der Waals surface area contributed by atoms with Crippen LogP contribution in [0.4, 0.5) is 5.69 Å². The molecule has 3 aromatic rings. The third-order valence-electron chi connectivity index (χ3n) is 3.66. The van der Waals surface area contributed by atoms with Crippen molar-refractivity contribution in [2.24, 2.45) is 4.99 Å². The van der Waals surface area contributed by atoms with Crippen molar-refractivity contribution in [3.8, 4) is 17.3 Å². The van der Waals surface area contributed by atoms with Crippen molar-refractivity contribution in [2.45, 2.75) is 6.92 Å². The van der Waals surface area contributed by atoms with Crippen LogP contribution < -0.4 is 21.5 Å². The highest BCUT2D eigenvalue weighted by atomic mass is 32.1. The van der Waals surface area contributed by atoms with Crippen molar-refractivity contribution in [3.05, 3.63) is 72.0 Å². The van der Waals surface area contributed by atoms with Gasteiger partial charge in [-0.1, -0.05) is 12.1 Å². The summed E-state index contributed by atoms with van der Waals surface area (Å²) in [5.74, 6) is -0.0334. The normalized spacial score (nSPS) is 11.0. The molecule has 3 rings (SSSR count). The number of H-pyrrole nitrogens is 3. The molecular weight excluding hydrogens is 386 g/mol. The SMILES string of the molecule is CCOc1ccccc1-n1c(O)c(C=Nc2c[nH]c(=O)[nH]c2=O)c(=O)[nH]c1=S. The molecule has 4 N–H and O–H groups in total. The molecular formula is C17H15N5O5S. The summed E-state index contributed by atoms with van der Waals surface area (Å²) in [5.41, 5.74) is -2.10. The van der Waals surface area contributed by atoms with Crippen LogP contribution in [0, 0.1) is 4.77 Å². The van der Waals surface area contributed by atoms with Gasteiger partial charge in [-0.3, -0.25) is 24.1 Å². The molecule has 0 saturated heterocycles. The fraction of sp³-hybridized carbons (Fsp3) is 0.118. The molecule has 144 valence electrons. The number of aromatic amines is 3. The van der Waals surface area contributed by atoms with Crippen LogP contribution in [-0.4, -0.2) is 37.4 Å². The standard InChI is InChI=1S/C17H15N5O5S/c1-2-27-12-6-4-3-5-11(12)22-15(25)9(13(23)21-17(22)28)7-18-10-8-19-16(26)20-14(10)24/h3-8,25H,2H2,1H3,(H,21,23,28)(H2,19,20,24,26). The smallest absolute Gasteiger partial charge is 0.325 e. The van der Waals surface area contributed by atoms with E-state index >= 15 is 0 Å². The maximum absolute atomic E-state index is 12.3. The van der Waals surface area contributed by atoms with Crippen LogP contribution in [0.5, 0.6) is 11.6 Å². The van der Waals surface area contributed by atoms with E-state index in [1.165, 1.54) is 4.57 Å². The topological polar surface area (TPSA) is 145 Å². The number of aromatic nitrogens is 4. The summed E-state index contributed by atoms with van der Waals surface area (Å²) in [7, 11) is 0. The number of hydrogen-bond donors (Lipinski definition) is 4. The van der Waals surface area contributed by atoms with E-state index in [9.17, 15) is 19.5 Å². The molecule has 11 heteroatoms. The van der Waals surface area contributed by atoms with Gasteiger partial charge in [0.15, 0.2) is 4.77 Å². The van der Waals surface area contributed by atoms with Gasteiger partial charge in [0.25, 0.3) is 11.1 Å². The number of rotatable bonds is 5. The second kappa shape index (κ2) is 7.88. The molecule has 0 aliphatic rings. The van der Waals surface area contributed by atoms with Crippen molar-refractivity contribution in [3.63, 3.8) is 0 Å². The van der Waals surface area contributed by atoms with Crippen LogP contribution in [0.25, 0.3) is 5.69 Å². The second-order valence-electron chi connectivity index (χ2n) is 5.45. The van der Waals surface area contributed by atoms with Crippen molar-refractivity contribution < 1.29 is 9.84 Å². The van der Waals surface area contributed by atoms with Gasteiger partial charge < -0.3 is 14.8 Å². The molecule has 0 spiro atoms. The Morgan fingerprint density at radius 2 is 1.96 bits per heavy atom. The lowest BCUT2D eigenvalue weighted by Crippen LogP contribution is -2.21. The molecule has 0 bridgehead atoms. The lowest BCUT2D eigenvalue weighted by Gasteiger charge is -2.15. The monoisotopic (exact) mass is 401 g/mol. The van der Waals surface area contributed by atoms with Gasteiger partial charge in [0.2, 0.25) is 5.88 Å². The van der Waals surface area contributed by atoms with Crippen LogP contribution in [0.1, 0.15) is 12.5 Å². The molecule has 2 aromatic heterocycles. The first-order valence-corrected chi connectivity index (χ1v) is 8.49. The molecule has 10 nitrogen and oxygen atoms in total. The lowest BCUT2D eigenvalue weighted by molar-refractivity contribution is 0.337. The molecule has 0 aliphatic heterocycles. The van der Waals surface area contributed by atoms with Gasteiger partial charge in [0.05, 0.1) is 12.3 Å². The zero-order valence-corrected chi connectivity index (χ0v) is 15.4. The van der Waals surface area contributed by atoms with E-state index in [1.54, 1.807) is 24.3 Å². The Hall–Kier alpha value is -3.73. The summed E-state index contributed by atoms with van der Waals surface area (Å²) in [6.07, 6.45) is 2.09. The number of ether oxygens (including phenoxy) is 1. The summed E-state index contributed by atoms with van der Waals surface area (Å²) in [6.45, 7) is 2.19. The Balaban J connectivity index is 2.18. The van der Waals surface area contributed by atoms with E-state index in [2.05, 4.69) is 15.0 Å². The third-order valence-corrected chi connectivity index (χ3v) is 3.94. The minimum Gasteiger partial charge on any atom is -0.494 e. The van der Waals surface area contributed by atoms with E-state index in [-0.39, 0.29) is 16.0 Å².